The normalized spacial score (nSPS) is 19.7. The Bertz CT molecular complexity index is 1370. The first-order valence-corrected chi connectivity index (χ1v) is 15.5. The number of alkyl halides is 2. The van der Waals surface area contributed by atoms with Gasteiger partial charge in [0.1, 0.15) is 24.1 Å². The van der Waals surface area contributed by atoms with Crippen LogP contribution in [0.2, 0.25) is 5.02 Å². The van der Waals surface area contributed by atoms with Crippen molar-refractivity contribution in [2.75, 3.05) is 51.4 Å². The molecule has 2 aromatic heterocycles. The molecule has 3 heterocycles. The molecule has 5 rings (SSSR count). The SMILES string of the molecule is C[C@@H](CNC=N)Oc1cc(-c2cnc(Nc3cn(C4CCC(N5CCOCC5)CC4)nc3OCCOC(F)F)nc2)ccc1Cl. The van der Waals surface area contributed by atoms with Crippen molar-refractivity contribution in [2.24, 2.45) is 0 Å². The van der Waals surface area contributed by atoms with E-state index in [0.717, 1.165) is 69.5 Å². The van der Waals surface area contributed by atoms with Gasteiger partial charge in [-0.05, 0) is 50.3 Å². The number of hydrogen-bond acceptors (Lipinski definition) is 10. The topological polar surface area (TPSA) is 132 Å². The summed E-state index contributed by atoms with van der Waals surface area (Å²) >= 11 is 6.35. The number of hydrogen-bond donors (Lipinski definition) is 3. The van der Waals surface area contributed by atoms with Crippen LogP contribution in [-0.4, -0.2) is 95.8 Å². The van der Waals surface area contributed by atoms with Crippen LogP contribution < -0.4 is 20.1 Å². The van der Waals surface area contributed by atoms with Crippen LogP contribution in [0.15, 0.2) is 36.8 Å². The highest BCUT2D eigenvalue weighted by molar-refractivity contribution is 6.32. The number of anilines is 2. The van der Waals surface area contributed by atoms with Gasteiger partial charge in [-0.2, -0.15) is 8.78 Å². The van der Waals surface area contributed by atoms with Crippen LogP contribution in [-0.2, 0) is 9.47 Å². The Hall–Kier alpha value is -3.59. The Morgan fingerprint density at radius 1 is 1.09 bits per heavy atom. The fraction of sp³-hybridized carbons (Fsp3) is 0.533. The first-order chi connectivity index (χ1) is 21.9. The zero-order valence-corrected chi connectivity index (χ0v) is 25.9. The predicted molar refractivity (Wildman–Crippen MR) is 166 cm³/mol. The summed E-state index contributed by atoms with van der Waals surface area (Å²) in [7, 11) is 0. The molecule has 0 radical (unpaired) electrons. The molecule has 45 heavy (non-hydrogen) atoms. The lowest BCUT2D eigenvalue weighted by molar-refractivity contribution is -0.133. The minimum absolute atomic E-state index is 0.0867. The quantitative estimate of drug-likeness (QED) is 0.116. The maximum atomic E-state index is 12.5. The van der Waals surface area contributed by atoms with Crippen molar-refractivity contribution in [2.45, 2.75) is 57.4 Å². The number of ether oxygens (including phenoxy) is 4. The van der Waals surface area contributed by atoms with Crippen molar-refractivity contribution in [3.05, 3.63) is 41.8 Å². The van der Waals surface area contributed by atoms with Crippen molar-refractivity contribution in [1.82, 2.24) is 30.0 Å². The average Bonchev–Trinajstić information content (AvgIpc) is 3.46. The average molecular weight is 649 g/mol. The van der Waals surface area contributed by atoms with E-state index in [4.69, 9.17) is 31.2 Å². The van der Waals surface area contributed by atoms with E-state index in [1.54, 1.807) is 18.5 Å². The largest absolute Gasteiger partial charge is 0.487 e. The van der Waals surface area contributed by atoms with Gasteiger partial charge in [-0.15, -0.1) is 5.10 Å². The number of rotatable bonds is 15. The Morgan fingerprint density at radius 3 is 2.53 bits per heavy atom. The molecule has 3 N–H and O–H groups in total. The summed E-state index contributed by atoms with van der Waals surface area (Å²) in [5.74, 6) is 1.10. The summed E-state index contributed by atoms with van der Waals surface area (Å²) in [4.78, 5) is 11.5. The fourth-order valence-corrected chi connectivity index (χ4v) is 5.74. The Morgan fingerprint density at radius 2 is 1.82 bits per heavy atom. The van der Waals surface area contributed by atoms with E-state index in [9.17, 15) is 8.78 Å². The molecule has 12 nitrogen and oxygen atoms in total. The molecule has 0 bridgehead atoms. The molecule has 0 unspecified atom stereocenters. The van der Waals surface area contributed by atoms with Gasteiger partial charge in [-0.1, -0.05) is 17.7 Å². The highest BCUT2D eigenvalue weighted by Crippen LogP contribution is 2.35. The van der Waals surface area contributed by atoms with Gasteiger partial charge in [-0.25, -0.2) is 9.97 Å². The van der Waals surface area contributed by atoms with Crippen molar-refractivity contribution < 1.29 is 27.7 Å². The molecule has 1 aliphatic heterocycles. The number of nitrogens with zero attached hydrogens (tertiary/aromatic N) is 5. The molecule has 1 atom stereocenters. The Balaban J connectivity index is 1.26. The fourth-order valence-electron chi connectivity index (χ4n) is 5.58. The molecule has 1 saturated heterocycles. The zero-order valence-electron chi connectivity index (χ0n) is 25.1. The van der Waals surface area contributed by atoms with Gasteiger partial charge in [0, 0.05) is 37.1 Å². The van der Waals surface area contributed by atoms with E-state index in [1.165, 1.54) is 0 Å². The van der Waals surface area contributed by atoms with Crippen LogP contribution in [0.1, 0.15) is 38.6 Å². The number of morpholine rings is 1. The third kappa shape index (κ3) is 9.22. The number of aromatic nitrogens is 4. The van der Waals surface area contributed by atoms with Crippen molar-refractivity contribution in [3.63, 3.8) is 0 Å². The third-order valence-electron chi connectivity index (χ3n) is 7.86. The molecular weight excluding hydrogens is 610 g/mol. The van der Waals surface area contributed by atoms with Crippen molar-refractivity contribution >= 4 is 29.6 Å². The van der Waals surface area contributed by atoms with Gasteiger partial charge in [0.15, 0.2) is 0 Å². The lowest BCUT2D eigenvalue weighted by Gasteiger charge is -2.38. The molecular formula is C30H39ClF2N8O4. The third-order valence-corrected chi connectivity index (χ3v) is 8.18. The predicted octanol–water partition coefficient (Wildman–Crippen LogP) is 5.13. The van der Waals surface area contributed by atoms with E-state index >= 15 is 0 Å². The number of halogens is 3. The van der Waals surface area contributed by atoms with Gasteiger partial charge in [0.25, 0.3) is 5.88 Å². The van der Waals surface area contributed by atoms with Crippen LogP contribution in [0.3, 0.4) is 0 Å². The first-order valence-electron chi connectivity index (χ1n) is 15.1. The number of benzene rings is 1. The van der Waals surface area contributed by atoms with Crippen molar-refractivity contribution in [1.29, 1.82) is 5.41 Å². The molecule has 1 saturated carbocycles. The second kappa shape index (κ2) is 16.1. The molecule has 3 aromatic rings. The van der Waals surface area contributed by atoms with Crippen LogP contribution >= 0.6 is 11.6 Å². The van der Waals surface area contributed by atoms with E-state index in [0.29, 0.717) is 35.0 Å². The molecule has 2 aliphatic rings. The lowest BCUT2D eigenvalue weighted by atomic mass is 9.90. The van der Waals surface area contributed by atoms with E-state index in [1.807, 2.05) is 29.9 Å². The summed E-state index contributed by atoms with van der Waals surface area (Å²) < 4.78 is 48.4. The summed E-state index contributed by atoms with van der Waals surface area (Å²) in [5, 5.41) is 18.2. The maximum absolute atomic E-state index is 12.5. The van der Waals surface area contributed by atoms with Gasteiger partial charge in [0.2, 0.25) is 5.95 Å². The minimum Gasteiger partial charge on any atom is -0.487 e. The van der Waals surface area contributed by atoms with E-state index in [-0.39, 0.29) is 31.2 Å². The number of nitrogens with one attached hydrogen (secondary N) is 3. The first kappa shape index (κ1) is 32.8. The maximum Gasteiger partial charge on any atom is 0.345 e. The van der Waals surface area contributed by atoms with E-state index < -0.39 is 6.61 Å². The molecule has 1 aliphatic carbocycles. The van der Waals surface area contributed by atoms with Gasteiger partial charge >= 0.3 is 6.61 Å². The second-order valence-corrected chi connectivity index (χ2v) is 11.4. The summed E-state index contributed by atoms with van der Waals surface area (Å²) in [6.07, 6.45) is 10.2. The highest BCUT2D eigenvalue weighted by atomic mass is 35.5. The van der Waals surface area contributed by atoms with Gasteiger partial charge < -0.3 is 29.6 Å². The van der Waals surface area contributed by atoms with Crippen LogP contribution in [0.5, 0.6) is 11.6 Å². The summed E-state index contributed by atoms with van der Waals surface area (Å²) in [6, 6.07) is 6.15. The van der Waals surface area contributed by atoms with Crippen molar-refractivity contribution in [3.8, 4) is 22.8 Å². The standard InChI is InChI=1S/C30H39ClF2N8O4/c1-20(15-35-19-34)45-27-14-21(2-7-25(27)31)22-16-36-30(37-17-22)38-26-18-41(39-28(26)43-12-13-44-29(32)33)24-5-3-23(4-6-24)40-8-10-42-11-9-40/h2,7,14,16-20,23-24,29H,3-6,8-13,15H2,1H3,(H2,34,35)(H,36,37,38)/t20-,23?,24?/m0/s1. The lowest BCUT2D eigenvalue weighted by Crippen LogP contribution is -2.45. The zero-order chi connectivity index (χ0) is 31.6. The Labute approximate surface area is 265 Å². The molecule has 15 heteroatoms. The molecule has 2 fully saturated rings. The summed E-state index contributed by atoms with van der Waals surface area (Å²) in [6.45, 7) is 2.63. The monoisotopic (exact) mass is 648 g/mol. The molecule has 244 valence electrons. The Kier molecular flexibility index (Phi) is 11.7. The van der Waals surface area contributed by atoms with Crippen LogP contribution in [0.25, 0.3) is 11.1 Å². The smallest absolute Gasteiger partial charge is 0.345 e. The van der Waals surface area contributed by atoms with Gasteiger partial charge in [0.05, 0.1) is 50.0 Å². The molecule has 0 spiro atoms. The molecule has 0 amide bonds. The van der Waals surface area contributed by atoms with Gasteiger partial charge in [-0.3, -0.25) is 15.0 Å². The second-order valence-electron chi connectivity index (χ2n) is 11.0. The summed E-state index contributed by atoms with van der Waals surface area (Å²) in [5.41, 5.74) is 2.10. The van der Waals surface area contributed by atoms with Crippen LogP contribution in [0, 0.1) is 5.41 Å². The molecule has 1 aromatic carbocycles. The minimum atomic E-state index is -2.87. The van der Waals surface area contributed by atoms with E-state index in [2.05, 4.69) is 35.3 Å². The highest BCUT2D eigenvalue weighted by Gasteiger charge is 2.29. The van der Waals surface area contributed by atoms with Crippen LogP contribution in [0.4, 0.5) is 20.4 Å².